The molecule has 0 bridgehead atoms. The van der Waals surface area contributed by atoms with E-state index in [1.165, 1.54) is 21.7 Å². The summed E-state index contributed by atoms with van der Waals surface area (Å²) in [5.41, 5.74) is 2.88. The zero-order valence-corrected chi connectivity index (χ0v) is 18.3. The Morgan fingerprint density at radius 1 is 0.542 bits per heavy atom. The van der Waals surface area contributed by atoms with Gasteiger partial charge in [-0.05, 0) is 45.4 Å². The van der Waals surface area contributed by atoms with Crippen LogP contribution >= 0.6 is 15.8 Å². The molecule has 0 aromatic heterocycles. The van der Waals surface area contributed by atoms with Crippen molar-refractivity contribution < 1.29 is 0 Å². The predicted octanol–water partition coefficient (Wildman–Crippen LogP) is 6.42. The number of hydrogen-bond donors (Lipinski definition) is 0. The van der Waals surface area contributed by atoms with Gasteiger partial charge in [-0.15, -0.1) is 0 Å². The quantitative estimate of drug-likeness (QED) is 0.555. The molecule has 2 atom stereocenters. The predicted molar refractivity (Wildman–Crippen MR) is 116 cm³/mol. The molecule has 2 aromatic rings. The van der Waals surface area contributed by atoms with E-state index in [0.717, 1.165) is 0 Å². The zero-order chi connectivity index (χ0) is 18.1. The fourth-order valence-electron chi connectivity index (χ4n) is 2.71. The molecule has 0 heterocycles. The molecule has 0 aliphatic carbocycles. The molecule has 0 nitrogen and oxygen atoms in total. The summed E-state index contributed by atoms with van der Waals surface area (Å²) in [4.78, 5) is 0. The maximum absolute atomic E-state index is 2.43. The van der Waals surface area contributed by atoms with Crippen LogP contribution < -0.4 is 10.6 Å². The fourth-order valence-corrected chi connectivity index (χ4v) is 5.89. The Labute approximate surface area is 151 Å². The van der Waals surface area contributed by atoms with Crippen molar-refractivity contribution in [1.29, 1.82) is 0 Å². The van der Waals surface area contributed by atoms with Gasteiger partial charge in [-0.2, -0.15) is 0 Å². The Balaban J connectivity index is 2.63. The molecule has 130 valence electrons. The third kappa shape index (κ3) is 4.28. The molecule has 0 saturated carbocycles. The highest BCUT2D eigenvalue weighted by Gasteiger charge is 2.27. The first kappa shape index (κ1) is 19.6. The van der Waals surface area contributed by atoms with Gasteiger partial charge in [0.25, 0.3) is 0 Å². The average molecular weight is 358 g/mol. The van der Waals surface area contributed by atoms with E-state index in [1.807, 2.05) is 0 Å². The second-order valence-corrected chi connectivity index (χ2v) is 14.4. The standard InChI is InChI=1S/C22H32P2/c1-21(2,3)23(7)19-15-11-9-13-17(19)18-14-10-12-16-20(18)24(8)22(4,5)6/h9-16H,1-8H3/t23-,24-/m0/s1. The fraction of sp³-hybridized carbons (Fsp3) is 0.455. The highest BCUT2D eigenvalue weighted by Crippen LogP contribution is 2.49. The Kier molecular flexibility index (Phi) is 5.95. The van der Waals surface area contributed by atoms with Crippen LogP contribution in [0.15, 0.2) is 48.5 Å². The number of benzene rings is 2. The third-order valence-corrected chi connectivity index (χ3v) is 11.1. The van der Waals surface area contributed by atoms with Crippen LogP contribution in [0.25, 0.3) is 11.1 Å². The minimum absolute atomic E-state index is 0.214. The van der Waals surface area contributed by atoms with Crippen LogP contribution in [0.4, 0.5) is 0 Å². The van der Waals surface area contributed by atoms with Crippen molar-refractivity contribution in [3.8, 4) is 11.1 Å². The van der Waals surface area contributed by atoms with Gasteiger partial charge in [0.05, 0.1) is 0 Å². The lowest BCUT2D eigenvalue weighted by molar-refractivity contribution is 0.790. The van der Waals surface area contributed by atoms with E-state index in [1.54, 1.807) is 0 Å². The summed E-state index contributed by atoms with van der Waals surface area (Å²) in [7, 11) is -0.427. The first-order valence-electron chi connectivity index (χ1n) is 8.69. The van der Waals surface area contributed by atoms with Crippen molar-refractivity contribution in [3.63, 3.8) is 0 Å². The van der Waals surface area contributed by atoms with Crippen molar-refractivity contribution in [2.75, 3.05) is 13.3 Å². The van der Waals surface area contributed by atoms with Crippen LogP contribution in [0.5, 0.6) is 0 Å². The van der Waals surface area contributed by atoms with Gasteiger partial charge in [0.15, 0.2) is 0 Å². The summed E-state index contributed by atoms with van der Waals surface area (Å²) < 4.78 is 0. The van der Waals surface area contributed by atoms with E-state index in [2.05, 4.69) is 103 Å². The first-order chi connectivity index (χ1) is 11.0. The van der Waals surface area contributed by atoms with Crippen LogP contribution in [0.1, 0.15) is 41.5 Å². The maximum Gasteiger partial charge on any atom is -0.0100 e. The molecular weight excluding hydrogens is 326 g/mol. The Hall–Kier alpha value is -0.700. The van der Waals surface area contributed by atoms with E-state index in [0.29, 0.717) is 10.3 Å². The first-order valence-corrected chi connectivity index (χ1v) is 12.3. The molecule has 0 aliphatic rings. The van der Waals surface area contributed by atoms with Crippen molar-refractivity contribution in [3.05, 3.63) is 48.5 Å². The molecule has 2 heteroatoms. The van der Waals surface area contributed by atoms with Gasteiger partial charge in [-0.25, -0.2) is 0 Å². The topological polar surface area (TPSA) is 0 Å². The Morgan fingerprint density at radius 2 is 0.833 bits per heavy atom. The lowest BCUT2D eigenvalue weighted by Crippen LogP contribution is -2.23. The molecule has 0 spiro atoms. The molecule has 0 amide bonds. The largest absolute Gasteiger partial charge is 0.0723 e. The molecule has 0 unspecified atom stereocenters. The lowest BCUT2D eigenvalue weighted by atomic mass is 10.1. The summed E-state index contributed by atoms with van der Waals surface area (Å²) in [6.07, 6.45) is 0. The second-order valence-electron chi connectivity index (χ2n) is 8.49. The third-order valence-electron chi connectivity index (χ3n) is 4.83. The molecule has 0 radical (unpaired) electrons. The van der Waals surface area contributed by atoms with Gasteiger partial charge in [0.2, 0.25) is 0 Å². The van der Waals surface area contributed by atoms with Crippen molar-refractivity contribution >= 4 is 26.5 Å². The normalized spacial score (nSPS) is 15.2. The van der Waals surface area contributed by atoms with Crippen LogP contribution in [0.2, 0.25) is 0 Å². The average Bonchev–Trinajstić information content (AvgIpc) is 2.51. The van der Waals surface area contributed by atoms with Crippen LogP contribution in [0, 0.1) is 0 Å². The molecule has 2 rings (SSSR count). The van der Waals surface area contributed by atoms with Gasteiger partial charge < -0.3 is 0 Å². The van der Waals surface area contributed by atoms with E-state index >= 15 is 0 Å². The van der Waals surface area contributed by atoms with Gasteiger partial charge >= 0.3 is 0 Å². The summed E-state index contributed by atoms with van der Waals surface area (Å²) >= 11 is 0. The second kappa shape index (κ2) is 7.27. The van der Waals surface area contributed by atoms with Crippen LogP contribution in [-0.4, -0.2) is 23.6 Å². The van der Waals surface area contributed by atoms with Gasteiger partial charge in [-0.3, -0.25) is 0 Å². The molecule has 2 aromatic carbocycles. The summed E-state index contributed by atoms with van der Waals surface area (Å²) in [6.45, 7) is 19.0. The number of rotatable bonds is 3. The van der Waals surface area contributed by atoms with E-state index in [-0.39, 0.29) is 15.8 Å². The number of hydrogen-bond acceptors (Lipinski definition) is 0. The van der Waals surface area contributed by atoms with Gasteiger partial charge in [-0.1, -0.05) is 106 Å². The summed E-state index contributed by atoms with van der Waals surface area (Å²) in [6, 6.07) is 18.1. The zero-order valence-electron chi connectivity index (χ0n) is 16.5. The van der Waals surface area contributed by atoms with Crippen molar-refractivity contribution in [2.45, 2.75) is 51.9 Å². The van der Waals surface area contributed by atoms with E-state index < -0.39 is 0 Å². The van der Waals surface area contributed by atoms with Gasteiger partial charge in [0.1, 0.15) is 0 Å². The molecule has 0 N–H and O–H groups in total. The molecule has 0 saturated heterocycles. The molecular formula is C22H32P2. The minimum atomic E-state index is -0.214. The van der Waals surface area contributed by atoms with E-state index in [4.69, 9.17) is 0 Å². The minimum Gasteiger partial charge on any atom is -0.0723 e. The van der Waals surface area contributed by atoms with E-state index in [9.17, 15) is 0 Å². The van der Waals surface area contributed by atoms with Gasteiger partial charge in [0, 0.05) is 0 Å². The van der Waals surface area contributed by atoms with Crippen LogP contribution in [-0.2, 0) is 0 Å². The highest BCUT2D eigenvalue weighted by atomic mass is 31.1. The van der Waals surface area contributed by atoms with Crippen molar-refractivity contribution in [2.24, 2.45) is 0 Å². The van der Waals surface area contributed by atoms with Crippen LogP contribution in [0.3, 0.4) is 0 Å². The lowest BCUT2D eigenvalue weighted by Gasteiger charge is -2.32. The Morgan fingerprint density at radius 3 is 1.12 bits per heavy atom. The summed E-state index contributed by atoms with van der Waals surface area (Å²) in [5, 5.41) is 3.71. The Bertz CT molecular complexity index is 628. The maximum atomic E-state index is 2.43. The molecule has 0 aliphatic heterocycles. The SMILES string of the molecule is C[P@@](c1ccccc1-c1ccccc1[P@](C)C(C)(C)C)C(C)(C)C. The molecule has 24 heavy (non-hydrogen) atoms. The van der Waals surface area contributed by atoms with Crippen molar-refractivity contribution in [1.82, 2.24) is 0 Å². The summed E-state index contributed by atoms with van der Waals surface area (Å²) in [5.74, 6) is 0. The monoisotopic (exact) mass is 358 g/mol. The highest BCUT2D eigenvalue weighted by molar-refractivity contribution is 7.67. The molecule has 0 fully saturated rings. The smallest absolute Gasteiger partial charge is 0.0100 e.